The Kier molecular flexibility index (Phi) is 4.05. The first-order valence-electron chi connectivity index (χ1n) is 4.10. The highest BCUT2D eigenvalue weighted by Crippen LogP contribution is 2.25. The molecule has 0 amide bonds. The van der Waals surface area contributed by atoms with Crippen molar-refractivity contribution in [1.29, 1.82) is 0 Å². The van der Waals surface area contributed by atoms with Gasteiger partial charge < -0.3 is 10.5 Å². The number of nitrogens with zero attached hydrogens (tertiary/aromatic N) is 1. The summed E-state index contributed by atoms with van der Waals surface area (Å²) in [6, 6.07) is 3.69. The Morgan fingerprint density at radius 1 is 1.69 bits per heavy atom. The molecule has 0 bridgehead atoms. The van der Waals surface area contributed by atoms with Gasteiger partial charge in [0.25, 0.3) is 0 Å². The Labute approximate surface area is 82.7 Å². The van der Waals surface area contributed by atoms with Crippen molar-refractivity contribution in [2.75, 3.05) is 19.5 Å². The molecule has 1 heterocycles. The van der Waals surface area contributed by atoms with E-state index in [1.807, 2.05) is 12.1 Å². The fourth-order valence-corrected chi connectivity index (χ4v) is 1.87. The van der Waals surface area contributed by atoms with Crippen LogP contribution in [-0.2, 0) is 4.74 Å². The minimum absolute atomic E-state index is 0.377. The second-order valence-electron chi connectivity index (χ2n) is 2.78. The van der Waals surface area contributed by atoms with Gasteiger partial charge in [0, 0.05) is 18.6 Å². The molecule has 0 saturated heterocycles. The highest BCUT2D eigenvalue weighted by molar-refractivity contribution is 8.00. The van der Waals surface area contributed by atoms with E-state index in [9.17, 15) is 0 Å². The number of pyridine rings is 1. The maximum absolute atomic E-state index is 5.74. The lowest BCUT2D eigenvalue weighted by Gasteiger charge is -2.09. The number of ether oxygens (including phenoxy) is 1. The average molecular weight is 198 g/mol. The molecule has 0 aromatic carbocycles. The second kappa shape index (κ2) is 5.09. The summed E-state index contributed by atoms with van der Waals surface area (Å²) in [6.07, 6.45) is 1.75. The zero-order valence-electron chi connectivity index (χ0n) is 7.86. The molecule has 2 N–H and O–H groups in total. The van der Waals surface area contributed by atoms with Gasteiger partial charge in [0.1, 0.15) is 5.03 Å². The molecule has 0 aliphatic heterocycles. The van der Waals surface area contributed by atoms with Crippen molar-refractivity contribution < 1.29 is 4.74 Å². The summed E-state index contributed by atoms with van der Waals surface area (Å²) in [5, 5.41) is 1.26. The maximum atomic E-state index is 5.74. The second-order valence-corrected chi connectivity index (χ2v) is 4.21. The Balaban J connectivity index is 2.58. The SMILES string of the molecule is COCC(C)Sc1ncccc1N. The number of thioether (sulfide) groups is 1. The number of methoxy groups -OCH3 is 1. The van der Waals surface area contributed by atoms with Crippen LogP contribution in [0.4, 0.5) is 5.69 Å². The Hall–Kier alpha value is -0.740. The van der Waals surface area contributed by atoms with Crippen LogP contribution in [0, 0.1) is 0 Å². The number of nitrogens with two attached hydrogens (primary N) is 1. The number of hydrogen-bond donors (Lipinski definition) is 1. The first kappa shape index (κ1) is 10.3. The maximum Gasteiger partial charge on any atom is 0.119 e. The quantitative estimate of drug-likeness (QED) is 0.749. The Bertz CT molecular complexity index is 268. The standard InChI is InChI=1S/C9H14N2OS/c1-7(6-12-2)13-9-8(10)4-3-5-11-9/h3-5,7H,6,10H2,1-2H3. The Morgan fingerprint density at radius 3 is 3.08 bits per heavy atom. The first-order valence-corrected chi connectivity index (χ1v) is 4.98. The van der Waals surface area contributed by atoms with Crippen molar-refractivity contribution >= 4 is 17.4 Å². The van der Waals surface area contributed by atoms with E-state index in [0.29, 0.717) is 11.9 Å². The minimum Gasteiger partial charge on any atom is -0.397 e. The van der Waals surface area contributed by atoms with Gasteiger partial charge in [0.15, 0.2) is 0 Å². The van der Waals surface area contributed by atoms with Crippen LogP contribution in [0.3, 0.4) is 0 Å². The van der Waals surface area contributed by atoms with Crippen LogP contribution >= 0.6 is 11.8 Å². The van der Waals surface area contributed by atoms with Crippen LogP contribution in [0.1, 0.15) is 6.92 Å². The molecule has 0 spiro atoms. The lowest BCUT2D eigenvalue weighted by Crippen LogP contribution is -2.06. The third-order valence-electron chi connectivity index (χ3n) is 1.51. The molecular formula is C9H14N2OS. The first-order chi connectivity index (χ1) is 6.24. The topological polar surface area (TPSA) is 48.1 Å². The lowest BCUT2D eigenvalue weighted by molar-refractivity contribution is 0.203. The van der Waals surface area contributed by atoms with Gasteiger partial charge in [0.2, 0.25) is 0 Å². The van der Waals surface area contributed by atoms with Crippen LogP contribution in [0.15, 0.2) is 23.4 Å². The van der Waals surface area contributed by atoms with Crippen LogP contribution in [0.5, 0.6) is 0 Å². The van der Waals surface area contributed by atoms with E-state index in [1.54, 1.807) is 25.1 Å². The van der Waals surface area contributed by atoms with E-state index in [2.05, 4.69) is 11.9 Å². The van der Waals surface area contributed by atoms with Crippen molar-refractivity contribution in [1.82, 2.24) is 4.98 Å². The number of rotatable bonds is 4. The van der Waals surface area contributed by atoms with Gasteiger partial charge in [0.05, 0.1) is 12.3 Å². The zero-order valence-corrected chi connectivity index (χ0v) is 8.67. The summed E-state index contributed by atoms with van der Waals surface area (Å²) < 4.78 is 5.03. The number of anilines is 1. The molecule has 0 fully saturated rings. The average Bonchev–Trinajstić information content (AvgIpc) is 2.09. The van der Waals surface area contributed by atoms with E-state index in [1.165, 1.54) is 0 Å². The molecule has 72 valence electrons. The minimum atomic E-state index is 0.377. The van der Waals surface area contributed by atoms with Crippen molar-refractivity contribution in [3.63, 3.8) is 0 Å². The highest BCUT2D eigenvalue weighted by Gasteiger charge is 2.06. The molecular weight excluding hydrogens is 184 g/mol. The fraction of sp³-hybridized carbons (Fsp3) is 0.444. The number of nitrogen functional groups attached to an aromatic ring is 1. The molecule has 13 heavy (non-hydrogen) atoms. The zero-order chi connectivity index (χ0) is 9.68. The van der Waals surface area contributed by atoms with Crippen molar-refractivity contribution in [3.05, 3.63) is 18.3 Å². The molecule has 0 saturated carbocycles. The van der Waals surface area contributed by atoms with Gasteiger partial charge in [-0.15, -0.1) is 0 Å². The van der Waals surface area contributed by atoms with Crippen LogP contribution in [0.2, 0.25) is 0 Å². The van der Waals surface area contributed by atoms with Gasteiger partial charge in [-0.05, 0) is 12.1 Å². The molecule has 1 aromatic rings. The summed E-state index contributed by atoms with van der Waals surface area (Å²) >= 11 is 1.63. The van der Waals surface area contributed by atoms with E-state index in [0.717, 1.165) is 10.7 Å². The van der Waals surface area contributed by atoms with Gasteiger partial charge in [-0.1, -0.05) is 18.7 Å². The highest BCUT2D eigenvalue weighted by atomic mass is 32.2. The molecule has 0 aliphatic carbocycles. The smallest absolute Gasteiger partial charge is 0.119 e. The molecule has 1 rings (SSSR count). The Morgan fingerprint density at radius 2 is 2.46 bits per heavy atom. The number of hydrogen-bond acceptors (Lipinski definition) is 4. The van der Waals surface area contributed by atoms with Gasteiger partial charge in [-0.2, -0.15) is 0 Å². The van der Waals surface area contributed by atoms with E-state index < -0.39 is 0 Å². The summed E-state index contributed by atoms with van der Waals surface area (Å²) in [4.78, 5) is 4.18. The molecule has 1 aromatic heterocycles. The van der Waals surface area contributed by atoms with Gasteiger partial charge in [-0.25, -0.2) is 4.98 Å². The molecule has 0 radical (unpaired) electrons. The van der Waals surface area contributed by atoms with Gasteiger partial charge >= 0.3 is 0 Å². The summed E-state index contributed by atoms with van der Waals surface area (Å²) in [5.41, 5.74) is 6.47. The fourth-order valence-electron chi connectivity index (χ4n) is 0.961. The predicted molar refractivity (Wildman–Crippen MR) is 55.8 cm³/mol. The molecule has 4 heteroatoms. The lowest BCUT2D eigenvalue weighted by atomic mass is 10.4. The van der Waals surface area contributed by atoms with Crippen LogP contribution in [-0.4, -0.2) is 24.0 Å². The molecule has 3 nitrogen and oxygen atoms in total. The third kappa shape index (κ3) is 3.24. The largest absolute Gasteiger partial charge is 0.397 e. The third-order valence-corrected chi connectivity index (χ3v) is 2.62. The monoisotopic (exact) mass is 198 g/mol. The number of aromatic nitrogens is 1. The normalized spacial score (nSPS) is 12.8. The van der Waals surface area contributed by atoms with E-state index in [4.69, 9.17) is 10.5 Å². The van der Waals surface area contributed by atoms with Crippen LogP contribution < -0.4 is 5.73 Å². The van der Waals surface area contributed by atoms with Crippen molar-refractivity contribution in [2.24, 2.45) is 0 Å². The van der Waals surface area contributed by atoms with E-state index in [-0.39, 0.29) is 0 Å². The predicted octanol–water partition coefficient (Wildman–Crippen LogP) is 1.79. The van der Waals surface area contributed by atoms with Crippen molar-refractivity contribution in [2.45, 2.75) is 17.2 Å². The summed E-state index contributed by atoms with van der Waals surface area (Å²) in [7, 11) is 1.69. The molecule has 1 unspecified atom stereocenters. The van der Waals surface area contributed by atoms with Crippen LogP contribution in [0.25, 0.3) is 0 Å². The van der Waals surface area contributed by atoms with Gasteiger partial charge in [-0.3, -0.25) is 0 Å². The summed E-state index contributed by atoms with van der Waals surface area (Å²) in [6.45, 7) is 2.79. The molecule has 1 atom stereocenters. The van der Waals surface area contributed by atoms with E-state index >= 15 is 0 Å². The molecule has 0 aliphatic rings. The summed E-state index contributed by atoms with van der Waals surface area (Å²) in [5.74, 6) is 0. The van der Waals surface area contributed by atoms with Crippen molar-refractivity contribution in [3.8, 4) is 0 Å².